The molecule has 156 valence electrons. The van der Waals surface area contributed by atoms with Crippen LogP contribution in [0.4, 0.5) is 5.00 Å². The molecule has 7 nitrogen and oxygen atoms in total. The number of benzene rings is 1. The van der Waals surface area contributed by atoms with Gasteiger partial charge in [-0.1, -0.05) is 26.0 Å². The molecule has 0 spiro atoms. The minimum absolute atomic E-state index is 0.191. The minimum atomic E-state index is -0.613. The van der Waals surface area contributed by atoms with Crippen LogP contribution in [0.5, 0.6) is 0 Å². The lowest BCUT2D eigenvalue weighted by atomic mass is 10.1. The smallest absolute Gasteiger partial charge is 0.341 e. The molecule has 1 N–H and O–H groups in total. The van der Waals surface area contributed by atoms with Crippen molar-refractivity contribution < 1.29 is 28.6 Å². The number of thiophene rings is 1. The molecule has 29 heavy (non-hydrogen) atoms. The summed E-state index contributed by atoms with van der Waals surface area (Å²) in [4.78, 5) is 37.6. The summed E-state index contributed by atoms with van der Waals surface area (Å²) in [7, 11) is 1.56. The van der Waals surface area contributed by atoms with Gasteiger partial charge < -0.3 is 19.5 Å². The molecule has 1 heterocycles. The molecule has 0 bridgehead atoms. The number of ether oxygens (including phenoxy) is 3. The third kappa shape index (κ3) is 6.40. The number of rotatable bonds is 9. The van der Waals surface area contributed by atoms with Crippen molar-refractivity contribution >= 4 is 34.2 Å². The predicted octanol–water partition coefficient (Wildman–Crippen LogP) is 3.99. The van der Waals surface area contributed by atoms with Crippen molar-refractivity contribution in [3.8, 4) is 0 Å². The van der Waals surface area contributed by atoms with Crippen molar-refractivity contribution in [1.29, 1.82) is 0 Å². The number of esters is 2. The van der Waals surface area contributed by atoms with Gasteiger partial charge in [0, 0.05) is 12.0 Å². The maximum atomic E-state index is 12.3. The molecule has 0 unspecified atom stereocenters. The lowest BCUT2D eigenvalue weighted by Crippen LogP contribution is -2.21. The molecule has 2 rings (SSSR count). The first kappa shape index (κ1) is 22.6. The van der Waals surface area contributed by atoms with Crippen LogP contribution < -0.4 is 5.32 Å². The van der Waals surface area contributed by atoms with Crippen molar-refractivity contribution in [2.45, 2.75) is 33.3 Å². The SMILES string of the molecule is CCOC(=O)c1cc(C(C)C)sc1NC(=O)COC(=O)c1cccc(COC)c1. The van der Waals surface area contributed by atoms with Gasteiger partial charge in [-0.2, -0.15) is 0 Å². The number of hydrogen-bond acceptors (Lipinski definition) is 7. The number of anilines is 1. The van der Waals surface area contributed by atoms with Crippen LogP contribution in [0, 0.1) is 0 Å². The Labute approximate surface area is 174 Å². The van der Waals surface area contributed by atoms with E-state index in [2.05, 4.69) is 5.32 Å². The molecule has 1 aromatic carbocycles. The number of carbonyl (C=O) groups excluding carboxylic acids is 3. The van der Waals surface area contributed by atoms with E-state index < -0.39 is 24.5 Å². The zero-order valence-corrected chi connectivity index (χ0v) is 17.8. The van der Waals surface area contributed by atoms with Gasteiger partial charge in [-0.3, -0.25) is 4.79 Å². The molecule has 0 fully saturated rings. The first-order valence-corrected chi connectivity index (χ1v) is 10.0. The van der Waals surface area contributed by atoms with Gasteiger partial charge in [-0.25, -0.2) is 9.59 Å². The average molecular weight is 419 g/mol. The highest BCUT2D eigenvalue weighted by atomic mass is 32.1. The van der Waals surface area contributed by atoms with E-state index in [0.717, 1.165) is 10.4 Å². The Balaban J connectivity index is 2.02. The second-order valence-electron chi connectivity index (χ2n) is 6.52. The Morgan fingerprint density at radius 1 is 1.10 bits per heavy atom. The van der Waals surface area contributed by atoms with E-state index in [1.807, 2.05) is 19.9 Å². The van der Waals surface area contributed by atoms with Gasteiger partial charge >= 0.3 is 11.9 Å². The Morgan fingerprint density at radius 3 is 2.52 bits per heavy atom. The fraction of sp³-hybridized carbons (Fsp3) is 0.381. The van der Waals surface area contributed by atoms with E-state index in [4.69, 9.17) is 14.2 Å². The summed E-state index contributed by atoms with van der Waals surface area (Å²) in [6.45, 7) is 5.84. The van der Waals surface area contributed by atoms with Crippen LogP contribution in [-0.4, -0.2) is 38.2 Å². The predicted molar refractivity (Wildman–Crippen MR) is 110 cm³/mol. The summed E-state index contributed by atoms with van der Waals surface area (Å²) in [6.07, 6.45) is 0. The lowest BCUT2D eigenvalue weighted by molar-refractivity contribution is -0.119. The Kier molecular flexibility index (Phi) is 8.35. The zero-order chi connectivity index (χ0) is 21.4. The monoisotopic (exact) mass is 419 g/mol. The maximum absolute atomic E-state index is 12.3. The van der Waals surface area contributed by atoms with Gasteiger partial charge in [0.15, 0.2) is 6.61 Å². The van der Waals surface area contributed by atoms with Crippen LogP contribution >= 0.6 is 11.3 Å². The van der Waals surface area contributed by atoms with Crippen LogP contribution in [0.2, 0.25) is 0 Å². The number of carbonyl (C=O) groups is 3. The molecular weight excluding hydrogens is 394 g/mol. The number of amides is 1. The first-order chi connectivity index (χ1) is 13.8. The van der Waals surface area contributed by atoms with Gasteiger partial charge in [0.25, 0.3) is 5.91 Å². The summed E-state index contributed by atoms with van der Waals surface area (Å²) >= 11 is 1.30. The Bertz CT molecular complexity index is 874. The molecule has 0 saturated carbocycles. The standard InChI is InChI=1S/C21H25NO6S/c1-5-27-21(25)16-10-17(13(2)3)29-19(16)22-18(23)12-28-20(24)15-8-6-7-14(9-15)11-26-4/h6-10,13H,5,11-12H2,1-4H3,(H,22,23). The van der Waals surface area contributed by atoms with Crippen LogP contribution in [0.25, 0.3) is 0 Å². The maximum Gasteiger partial charge on any atom is 0.341 e. The van der Waals surface area contributed by atoms with Crippen molar-refractivity contribution in [3.63, 3.8) is 0 Å². The minimum Gasteiger partial charge on any atom is -0.462 e. The molecular formula is C21H25NO6S. The van der Waals surface area contributed by atoms with E-state index in [1.54, 1.807) is 38.3 Å². The molecule has 1 aromatic heterocycles. The van der Waals surface area contributed by atoms with E-state index in [0.29, 0.717) is 22.7 Å². The zero-order valence-electron chi connectivity index (χ0n) is 16.9. The van der Waals surface area contributed by atoms with E-state index in [9.17, 15) is 14.4 Å². The molecule has 0 aliphatic heterocycles. The van der Waals surface area contributed by atoms with Gasteiger partial charge in [-0.15, -0.1) is 11.3 Å². The lowest BCUT2D eigenvalue weighted by Gasteiger charge is -2.08. The molecule has 0 saturated heterocycles. The van der Waals surface area contributed by atoms with Crippen molar-refractivity contribution in [1.82, 2.24) is 0 Å². The molecule has 2 aromatic rings. The van der Waals surface area contributed by atoms with Crippen LogP contribution in [0.15, 0.2) is 30.3 Å². The summed E-state index contributed by atoms with van der Waals surface area (Å²) < 4.78 is 15.2. The van der Waals surface area contributed by atoms with Gasteiger partial charge in [0.1, 0.15) is 5.00 Å². The first-order valence-electron chi connectivity index (χ1n) is 9.21. The number of methoxy groups -OCH3 is 1. The van der Waals surface area contributed by atoms with Crippen molar-refractivity contribution in [3.05, 3.63) is 51.9 Å². The number of nitrogens with one attached hydrogen (secondary N) is 1. The quantitative estimate of drug-likeness (QED) is 0.618. The van der Waals surface area contributed by atoms with E-state index >= 15 is 0 Å². The second-order valence-corrected chi connectivity index (χ2v) is 7.61. The number of hydrogen-bond donors (Lipinski definition) is 1. The largest absolute Gasteiger partial charge is 0.462 e. The summed E-state index contributed by atoms with van der Waals surface area (Å²) in [6, 6.07) is 8.52. The van der Waals surface area contributed by atoms with Gasteiger partial charge in [-0.05, 0) is 36.6 Å². The highest BCUT2D eigenvalue weighted by Gasteiger charge is 2.21. The van der Waals surface area contributed by atoms with Gasteiger partial charge in [0.2, 0.25) is 0 Å². The normalized spacial score (nSPS) is 10.7. The second kappa shape index (κ2) is 10.7. The van der Waals surface area contributed by atoms with Crippen molar-refractivity contribution in [2.24, 2.45) is 0 Å². The summed E-state index contributed by atoms with van der Waals surface area (Å²) in [5.41, 5.74) is 1.45. The molecule has 0 aliphatic carbocycles. The van der Waals surface area contributed by atoms with Gasteiger partial charge in [0.05, 0.1) is 24.3 Å². The Hall–Kier alpha value is -2.71. The summed E-state index contributed by atoms with van der Waals surface area (Å²) in [5, 5.41) is 3.03. The molecule has 1 amide bonds. The topological polar surface area (TPSA) is 90.9 Å². The molecule has 0 radical (unpaired) electrons. The highest BCUT2D eigenvalue weighted by molar-refractivity contribution is 7.16. The van der Waals surface area contributed by atoms with E-state index in [-0.39, 0.29) is 12.5 Å². The average Bonchev–Trinajstić information content (AvgIpc) is 3.11. The highest BCUT2D eigenvalue weighted by Crippen LogP contribution is 2.33. The van der Waals surface area contributed by atoms with Crippen LogP contribution in [-0.2, 0) is 25.6 Å². The molecule has 0 atom stereocenters. The summed E-state index contributed by atoms with van der Waals surface area (Å²) in [5.74, 6) is -1.46. The molecule has 8 heteroatoms. The van der Waals surface area contributed by atoms with Crippen molar-refractivity contribution in [2.75, 3.05) is 25.6 Å². The van der Waals surface area contributed by atoms with Crippen LogP contribution in [0.3, 0.4) is 0 Å². The fourth-order valence-electron chi connectivity index (χ4n) is 2.48. The Morgan fingerprint density at radius 2 is 1.86 bits per heavy atom. The third-order valence-corrected chi connectivity index (χ3v) is 5.23. The molecule has 0 aliphatic rings. The fourth-order valence-corrected chi connectivity index (χ4v) is 3.55. The van der Waals surface area contributed by atoms with Crippen LogP contribution in [0.1, 0.15) is 57.8 Å². The van der Waals surface area contributed by atoms with E-state index in [1.165, 1.54) is 11.3 Å². The third-order valence-electron chi connectivity index (χ3n) is 3.88.